The first-order chi connectivity index (χ1) is 13.6. The summed E-state index contributed by atoms with van der Waals surface area (Å²) >= 11 is 6.22. The van der Waals surface area contributed by atoms with E-state index >= 15 is 0 Å². The number of carbonyl (C=O) groups is 2. The van der Waals surface area contributed by atoms with Crippen molar-refractivity contribution in [1.82, 2.24) is 5.32 Å². The summed E-state index contributed by atoms with van der Waals surface area (Å²) in [6, 6.07) is 17.6. The Morgan fingerprint density at radius 1 is 1.07 bits per heavy atom. The van der Waals surface area contributed by atoms with Crippen molar-refractivity contribution in [2.24, 2.45) is 0 Å². The van der Waals surface area contributed by atoms with Crippen LogP contribution in [0.25, 0.3) is 11.3 Å². The topological polar surface area (TPSA) is 71.8 Å². The first kappa shape index (κ1) is 18.1. The lowest BCUT2D eigenvalue weighted by Gasteiger charge is -2.33. The Kier molecular flexibility index (Phi) is 4.79. The normalized spacial score (nSPS) is 15.5. The van der Waals surface area contributed by atoms with Crippen LogP contribution in [-0.4, -0.2) is 31.5 Å². The van der Waals surface area contributed by atoms with Crippen molar-refractivity contribution < 1.29 is 18.7 Å². The summed E-state index contributed by atoms with van der Waals surface area (Å²) in [5, 5.41) is 3.09. The van der Waals surface area contributed by atoms with Gasteiger partial charge in [-0.2, -0.15) is 0 Å². The molecule has 6 nitrogen and oxygen atoms in total. The molecule has 3 aromatic rings. The van der Waals surface area contributed by atoms with E-state index in [0.717, 1.165) is 0 Å². The zero-order valence-electron chi connectivity index (χ0n) is 15.0. The van der Waals surface area contributed by atoms with Crippen molar-refractivity contribution in [1.29, 1.82) is 0 Å². The molecule has 4 rings (SSSR count). The lowest BCUT2D eigenvalue weighted by molar-refractivity contribution is -0.127. The molecule has 28 heavy (non-hydrogen) atoms. The van der Waals surface area contributed by atoms with Crippen molar-refractivity contribution in [3.05, 3.63) is 71.4 Å². The van der Waals surface area contributed by atoms with Gasteiger partial charge in [0.15, 0.2) is 11.9 Å². The summed E-state index contributed by atoms with van der Waals surface area (Å²) in [5.41, 5.74) is 1.29. The lowest BCUT2D eigenvalue weighted by Crippen LogP contribution is -2.50. The molecule has 0 spiro atoms. The predicted octanol–water partition coefficient (Wildman–Crippen LogP) is 3.75. The van der Waals surface area contributed by atoms with Gasteiger partial charge in [-0.25, -0.2) is 0 Å². The maximum absolute atomic E-state index is 13.2. The number of hydrogen-bond acceptors (Lipinski definition) is 4. The number of likely N-dealkylation sites (N-methyl/N-ethyl adjacent to an activating group) is 1. The molecule has 0 aliphatic carbocycles. The third-order valence-electron chi connectivity index (χ3n) is 4.51. The van der Waals surface area contributed by atoms with E-state index in [-0.39, 0.29) is 24.1 Å². The number of furan rings is 1. The van der Waals surface area contributed by atoms with Crippen LogP contribution in [0.5, 0.6) is 5.75 Å². The van der Waals surface area contributed by atoms with Crippen LogP contribution >= 0.6 is 11.6 Å². The van der Waals surface area contributed by atoms with E-state index in [1.807, 2.05) is 18.2 Å². The van der Waals surface area contributed by atoms with Crippen LogP contribution in [0.2, 0.25) is 5.02 Å². The second-order valence-corrected chi connectivity index (χ2v) is 6.66. The van der Waals surface area contributed by atoms with E-state index in [1.165, 1.54) is 11.9 Å². The van der Waals surface area contributed by atoms with Crippen LogP contribution in [-0.2, 0) is 4.79 Å². The highest BCUT2D eigenvalue weighted by atomic mass is 35.5. The fraction of sp³-hybridized carbons (Fsp3) is 0.143. The van der Waals surface area contributed by atoms with Gasteiger partial charge in [0.05, 0.1) is 17.3 Å². The third kappa shape index (κ3) is 3.23. The van der Waals surface area contributed by atoms with Gasteiger partial charge in [0, 0.05) is 12.6 Å². The van der Waals surface area contributed by atoms with E-state index in [2.05, 4.69) is 5.32 Å². The van der Waals surface area contributed by atoms with Crippen LogP contribution in [0.3, 0.4) is 0 Å². The minimum atomic E-state index is -0.804. The van der Waals surface area contributed by atoms with E-state index in [0.29, 0.717) is 27.8 Å². The van der Waals surface area contributed by atoms with Crippen LogP contribution < -0.4 is 15.0 Å². The smallest absolute Gasteiger partial charge is 0.294 e. The maximum Gasteiger partial charge on any atom is 0.294 e. The minimum Gasteiger partial charge on any atom is -0.477 e. The van der Waals surface area contributed by atoms with Crippen molar-refractivity contribution in [3.8, 4) is 17.1 Å². The second-order valence-electron chi connectivity index (χ2n) is 6.25. The van der Waals surface area contributed by atoms with Gasteiger partial charge in [-0.1, -0.05) is 35.9 Å². The quantitative estimate of drug-likeness (QED) is 0.731. The highest BCUT2D eigenvalue weighted by molar-refractivity contribution is 6.33. The van der Waals surface area contributed by atoms with Crippen molar-refractivity contribution in [2.45, 2.75) is 6.10 Å². The summed E-state index contributed by atoms with van der Waals surface area (Å²) in [4.78, 5) is 26.8. The largest absolute Gasteiger partial charge is 0.477 e. The molecule has 1 N–H and O–H groups in total. The molecule has 0 saturated heterocycles. The monoisotopic (exact) mass is 396 g/mol. The first-order valence-corrected chi connectivity index (χ1v) is 9.10. The molecule has 2 heterocycles. The van der Waals surface area contributed by atoms with E-state index in [4.69, 9.17) is 20.8 Å². The summed E-state index contributed by atoms with van der Waals surface area (Å²) in [7, 11) is 1.53. The van der Waals surface area contributed by atoms with E-state index < -0.39 is 6.10 Å². The van der Waals surface area contributed by atoms with Crippen molar-refractivity contribution in [3.63, 3.8) is 0 Å². The molecular weight excluding hydrogens is 380 g/mol. The van der Waals surface area contributed by atoms with Gasteiger partial charge in [-0.05, 0) is 36.4 Å². The number of carbonyl (C=O) groups excluding carboxylic acids is 2. The SMILES string of the molecule is CNC(=O)C1CN(C(=O)c2ccc(-c3ccccc3Cl)o2)c2ccccc2O1. The molecule has 1 unspecified atom stereocenters. The molecule has 1 atom stereocenters. The average molecular weight is 397 g/mol. The molecule has 2 aromatic carbocycles. The van der Waals surface area contributed by atoms with Crippen LogP contribution in [0.1, 0.15) is 10.6 Å². The number of nitrogens with zero attached hydrogens (tertiary/aromatic N) is 1. The minimum absolute atomic E-state index is 0.0810. The number of rotatable bonds is 3. The second kappa shape index (κ2) is 7.40. The highest BCUT2D eigenvalue weighted by Gasteiger charge is 2.34. The van der Waals surface area contributed by atoms with Crippen molar-refractivity contribution in [2.75, 3.05) is 18.5 Å². The molecule has 0 saturated carbocycles. The zero-order chi connectivity index (χ0) is 19.7. The van der Waals surface area contributed by atoms with Crippen LogP contribution in [0.4, 0.5) is 5.69 Å². The Morgan fingerprint density at radius 2 is 1.82 bits per heavy atom. The number of amides is 2. The van der Waals surface area contributed by atoms with Gasteiger partial charge >= 0.3 is 0 Å². The number of fused-ring (bicyclic) bond motifs is 1. The molecule has 2 amide bonds. The number of anilines is 1. The summed E-state index contributed by atoms with van der Waals surface area (Å²) < 4.78 is 11.5. The van der Waals surface area contributed by atoms with Gasteiger partial charge < -0.3 is 14.5 Å². The Balaban J connectivity index is 1.68. The standard InChI is InChI=1S/C21H17ClN2O4/c1-23-20(25)19-12-24(15-8-4-5-9-17(15)28-19)21(26)18-11-10-16(27-18)13-6-2-3-7-14(13)22/h2-11,19H,12H2,1H3,(H,23,25). The Bertz CT molecular complexity index is 1050. The number of halogens is 1. The molecule has 1 aliphatic rings. The Morgan fingerprint density at radius 3 is 2.61 bits per heavy atom. The first-order valence-electron chi connectivity index (χ1n) is 8.72. The fourth-order valence-electron chi connectivity index (χ4n) is 3.12. The molecular formula is C21H17ClN2O4. The summed E-state index contributed by atoms with van der Waals surface area (Å²) in [5.74, 6) is 0.459. The third-order valence-corrected chi connectivity index (χ3v) is 4.84. The predicted molar refractivity (Wildman–Crippen MR) is 106 cm³/mol. The molecule has 142 valence electrons. The van der Waals surface area contributed by atoms with Gasteiger partial charge in [0.1, 0.15) is 11.5 Å². The molecule has 0 bridgehead atoms. The van der Waals surface area contributed by atoms with Gasteiger partial charge in [-0.3, -0.25) is 14.5 Å². The molecule has 1 aromatic heterocycles. The summed E-state index contributed by atoms with van der Waals surface area (Å²) in [6.07, 6.45) is -0.804. The maximum atomic E-state index is 13.2. The van der Waals surface area contributed by atoms with E-state index in [9.17, 15) is 9.59 Å². The molecule has 7 heteroatoms. The molecule has 0 radical (unpaired) electrons. The van der Waals surface area contributed by atoms with Crippen LogP contribution in [0, 0.1) is 0 Å². The number of nitrogens with one attached hydrogen (secondary N) is 1. The van der Waals surface area contributed by atoms with E-state index in [1.54, 1.807) is 42.5 Å². The Labute approximate surface area is 166 Å². The lowest BCUT2D eigenvalue weighted by atomic mass is 10.1. The number of hydrogen-bond donors (Lipinski definition) is 1. The average Bonchev–Trinajstić information content (AvgIpc) is 3.22. The molecule has 1 aliphatic heterocycles. The van der Waals surface area contributed by atoms with Crippen LogP contribution in [0.15, 0.2) is 65.1 Å². The fourth-order valence-corrected chi connectivity index (χ4v) is 3.34. The van der Waals surface area contributed by atoms with Crippen molar-refractivity contribution >= 4 is 29.1 Å². The number of benzene rings is 2. The summed E-state index contributed by atoms with van der Waals surface area (Å²) in [6.45, 7) is 0.0810. The zero-order valence-corrected chi connectivity index (χ0v) is 15.8. The number of ether oxygens (including phenoxy) is 1. The highest BCUT2D eigenvalue weighted by Crippen LogP contribution is 2.35. The van der Waals surface area contributed by atoms with Gasteiger partial charge in [0.25, 0.3) is 11.8 Å². The van der Waals surface area contributed by atoms with Gasteiger partial charge in [-0.15, -0.1) is 0 Å². The van der Waals surface area contributed by atoms with Gasteiger partial charge in [0.2, 0.25) is 0 Å². The molecule has 0 fully saturated rings. The number of para-hydroxylation sites is 2. The Hall–Kier alpha value is -3.25.